The van der Waals surface area contributed by atoms with Crippen LogP contribution in [0.5, 0.6) is 0 Å². The molecule has 21 heavy (non-hydrogen) atoms. The molecule has 0 fully saturated rings. The molecule has 2 rings (SSSR count). The van der Waals surface area contributed by atoms with E-state index < -0.39 is 17.3 Å². The van der Waals surface area contributed by atoms with Gasteiger partial charge in [-0.05, 0) is 23.8 Å². The summed E-state index contributed by atoms with van der Waals surface area (Å²) in [6.45, 7) is 0. The van der Waals surface area contributed by atoms with E-state index in [-0.39, 0.29) is 11.4 Å². The summed E-state index contributed by atoms with van der Waals surface area (Å²) in [6, 6.07) is 5.97. The first kappa shape index (κ1) is 15.2. The van der Waals surface area contributed by atoms with E-state index in [9.17, 15) is 14.9 Å². The zero-order valence-corrected chi connectivity index (χ0v) is 11.9. The van der Waals surface area contributed by atoms with Crippen LogP contribution in [0.3, 0.4) is 0 Å². The average molecular weight is 327 g/mol. The van der Waals surface area contributed by atoms with Crippen molar-refractivity contribution in [3.8, 4) is 11.1 Å². The van der Waals surface area contributed by atoms with Crippen molar-refractivity contribution in [1.29, 1.82) is 0 Å². The normalized spacial score (nSPS) is 10.4. The fourth-order valence-electron chi connectivity index (χ4n) is 1.80. The lowest BCUT2D eigenvalue weighted by molar-refractivity contribution is -0.385. The Morgan fingerprint density at radius 3 is 2.33 bits per heavy atom. The predicted octanol–water partition coefficient (Wildman–Crippen LogP) is 3.59. The highest BCUT2D eigenvalue weighted by Crippen LogP contribution is 2.30. The van der Waals surface area contributed by atoms with Crippen molar-refractivity contribution in [3.05, 3.63) is 56.3 Å². The molecule has 0 aliphatic carbocycles. The Kier molecular flexibility index (Phi) is 4.40. The number of nitro groups is 1. The zero-order valence-electron chi connectivity index (χ0n) is 10.4. The SMILES string of the molecule is O=C(O)Cc1ncc(-c2cc(Cl)cc(Cl)c2)cc1[N+](=O)[O-]. The highest BCUT2D eigenvalue weighted by atomic mass is 35.5. The molecule has 1 aromatic heterocycles. The lowest BCUT2D eigenvalue weighted by atomic mass is 10.1. The number of carbonyl (C=O) groups is 1. The number of carboxylic acid groups (broad SMARTS) is 1. The van der Waals surface area contributed by atoms with Crippen molar-refractivity contribution in [3.63, 3.8) is 0 Å². The molecule has 0 spiro atoms. The van der Waals surface area contributed by atoms with Gasteiger partial charge in [0.05, 0.1) is 11.3 Å². The molecule has 0 aliphatic heterocycles. The molecule has 0 saturated heterocycles. The number of pyridine rings is 1. The van der Waals surface area contributed by atoms with E-state index in [1.807, 2.05) is 0 Å². The smallest absolute Gasteiger partial charge is 0.309 e. The maximum atomic E-state index is 11.0. The van der Waals surface area contributed by atoms with Gasteiger partial charge in [0.25, 0.3) is 5.69 Å². The molecule has 0 radical (unpaired) electrons. The van der Waals surface area contributed by atoms with E-state index in [4.69, 9.17) is 28.3 Å². The molecular formula is C13H8Cl2N2O4. The average Bonchev–Trinajstić information content (AvgIpc) is 2.37. The zero-order chi connectivity index (χ0) is 15.6. The maximum Gasteiger partial charge on any atom is 0.309 e. The Hall–Kier alpha value is -2.18. The van der Waals surface area contributed by atoms with Gasteiger partial charge in [-0.1, -0.05) is 23.2 Å². The first-order chi connectivity index (χ1) is 9.86. The van der Waals surface area contributed by atoms with Gasteiger partial charge in [0.15, 0.2) is 0 Å². The summed E-state index contributed by atoms with van der Waals surface area (Å²) >= 11 is 11.8. The summed E-state index contributed by atoms with van der Waals surface area (Å²) in [6.07, 6.45) is 0.833. The minimum Gasteiger partial charge on any atom is -0.481 e. The predicted molar refractivity (Wildman–Crippen MR) is 77.7 cm³/mol. The molecule has 0 unspecified atom stereocenters. The van der Waals surface area contributed by atoms with Gasteiger partial charge in [0, 0.05) is 27.9 Å². The van der Waals surface area contributed by atoms with E-state index >= 15 is 0 Å². The van der Waals surface area contributed by atoms with E-state index in [2.05, 4.69) is 4.98 Å². The minimum atomic E-state index is -1.19. The summed E-state index contributed by atoms with van der Waals surface area (Å²) < 4.78 is 0. The molecule has 0 amide bonds. The largest absolute Gasteiger partial charge is 0.481 e. The van der Waals surface area contributed by atoms with E-state index in [0.717, 1.165) is 0 Å². The van der Waals surface area contributed by atoms with Crippen LogP contribution in [0.15, 0.2) is 30.5 Å². The number of hydrogen-bond acceptors (Lipinski definition) is 4. The topological polar surface area (TPSA) is 93.3 Å². The van der Waals surface area contributed by atoms with Crippen LogP contribution in [-0.2, 0) is 11.2 Å². The molecule has 0 bridgehead atoms. The van der Waals surface area contributed by atoms with Gasteiger partial charge in [0.1, 0.15) is 5.69 Å². The van der Waals surface area contributed by atoms with Gasteiger partial charge in [-0.15, -0.1) is 0 Å². The van der Waals surface area contributed by atoms with Gasteiger partial charge >= 0.3 is 5.97 Å². The molecule has 8 heteroatoms. The summed E-state index contributed by atoms with van der Waals surface area (Å²) in [5.74, 6) is -1.19. The van der Waals surface area contributed by atoms with Gasteiger partial charge < -0.3 is 5.11 Å². The van der Waals surface area contributed by atoms with E-state index in [1.165, 1.54) is 18.3 Å². The van der Waals surface area contributed by atoms with Crippen LogP contribution in [0, 0.1) is 10.1 Å². The summed E-state index contributed by atoms with van der Waals surface area (Å²) in [5, 5.41) is 20.5. The second kappa shape index (κ2) is 6.07. The molecule has 2 aromatic rings. The van der Waals surface area contributed by atoms with Crippen LogP contribution in [0.25, 0.3) is 11.1 Å². The van der Waals surface area contributed by atoms with Crippen molar-refractivity contribution < 1.29 is 14.8 Å². The van der Waals surface area contributed by atoms with Crippen LogP contribution in [0.4, 0.5) is 5.69 Å². The molecular weight excluding hydrogens is 319 g/mol. The molecule has 1 heterocycles. The second-order valence-corrected chi connectivity index (χ2v) is 5.05. The highest BCUT2D eigenvalue weighted by molar-refractivity contribution is 6.35. The maximum absolute atomic E-state index is 11.0. The van der Waals surface area contributed by atoms with Crippen LogP contribution in [0.1, 0.15) is 5.69 Å². The van der Waals surface area contributed by atoms with Crippen LogP contribution < -0.4 is 0 Å². The van der Waals surface area contributed by atoms with Crippen LogP contribution in [0.2, 0.25) is 10.0 Å². The number of aliphatic carboxylic acids is 1. The quantitative estimate of drug-likeness (QED) is 0.684. The van der Waals surface area contributed by atoms with Gasteiger partial charge in [-0.3, -0.25) is 19.9 Å². The summed E-state index contributed by atoms with van der Waals surface area (Å²) in [4.78, 5) is 24.9. The number of rotatable bonds is 4. The number of aromatic nitrogens is 1. The summed E-state index contributed by atoms with van der Waals surface area (Å²) in [5.41, 5.74) is 0.528. The van der Waals surface area contributed by atoms with Crippen molar-refractivity contribution in [2.75, 3.05) is 0 Å². The van der Waals surface area contributed by atoms with Crippen LogP contribution >= 0.6 is 23.2 Å². The Morgan fingerprint density at radius 1 is 1.19 bits per heavy atom. The Labute approximate surface area is 129 Å². The first-order valence-electron chi connectivity index (χ1n) is 5.68. The van der Waals surface area contributed by atoms with Crippen molar-refractivity contribution in [2.24, 2.45) is 0 Å². The number of halogens is 2. The van der Waals surface area contributed by atoms with Crippen molar-refractivity contribution >= 4 is 34.9 Å². The standard InChI is InChI=1S/C13H8Cl2N2O4/c14-9-1-7(2-10(15)4-9)8-3-12(17(20)21)11(16-6-8)5-13(18)19/h1-4,6H,5H2,(H,18,19). The lowest BCUT2D eigenvalue weighted by Gasteiger charge is -2.05. The molecule has 0 saturated carbocycles. The third-order valence-electron chi connectivity index (χ3n) is 2.66. The molecule has 0 atom stereocenters. The van der Waals surface area contributed by atoms with Crippen molar-refractivity contribution in [1.82, 2.24) is 4.98 Å². The molecule has 108 valence electrons. The fourth-order valence-corrected chi connectivity index (χ4v) is 2.32. The monoisotopic (exact) mass is 326 g/mol. The molecule has 1 aromatic carbocycles. The minimum absolute atomic E-state index is 0.107. The molecule has 6 nitrogen and oxygen atoms in total. The third kappa shape index (κ3) is 3.68. The number of hydrogen-bond donors (Lipinski definition) is 1. The first-order valence-corrected chi connectivity index (χ1v) is 6.44. The number of carboxylic acids is 1. The molecule has 1 N–H and O–H groups in total. The van der Waals surface area contributed by atoms with Crippen molar-refractivity contribution in [2.45, 2.75) is 6.42 Å². The number of benzene rings is 1. The Balaban J connectivity index is 2.53. The van der Waals surface area contributed by atoms with Gasteiger partial charge in [0.2, 0.25) is 0 Å². The Morgan fingerprint density at radius 2 is 1.81 bits per heavy atom. The fraction of sp³-hybridized carbons (Fsp3) is 0.0769. The van der Waals surface area contributed by atoms with E-state index in [1.54, 1.807) is 12.1 Å². The van der Waals surface area contributed by atoms with E-state index in [0.29, 0.717) is 21.2 Å². The second-order valence-electron chi connectivity index (χ2n) is 4.18. The Bertz CT molecular complexity index is 714. The van der Waals surface area contributed by atoms with Crippen LogP contribution in [-0.4, -0.2) is 21.0 Å². The van der Waals surface area contributed by atoms with Gasteiger partial charge in [-0.25, -0.2) is 0 Å². The van der Waals surface area contributed by atoms with Gasteiger partial charge in [-0.2, -0.15) is 0 Å². The lowest BCUT2D eigenvalue weighted by Crippen LogP contribution is -2.06. The summed E-state index contributed by atoms with van der Waals surface area (Å²) in [7, 11) is 0. The molecule has 0 aliphatic rings. The highest BCUT2D eigenvalue weighted by Gasteiger charge is 2.19. The third-order valence-corrected chi connectivity index (χ3v) is 3.10. The number of nitrogens with zero attached hydrogens (tertiary/aromatic N) is 2.